The van der Waals surface area contributed by atoms with Crippen molar-refractivity contribution < 1.29 is 4.79 Å². The number of fused-ring (bicyclic) bond motifs is 1. The van der Waals surface area contributed by atoms with Crippen molar-refractivity contribution in [3.8, 4) is 0 Å². The number of aromatic nitrogens is 5. The molecule has 0 bridgehead atoms. The maximum atomic E-state index is 13.2. The number of imidazole rings is 1. The molecule has 2 saturated heterocycles. The Morgan fingerprint density at radius 1 is 1.07 bits per heavy atom. The summed E-state index contributed by atoms with van der Waals surface area (Å²) < 4.78 is 0. The van der Waals surface area contributed by atoms with Gasteiger partial charge in [0, 0.05) is 45.5 Å². The number of amides is 1. The van der Waals surface area contributed by atoms with Crippen molar-refractivity contribution in [2.24, 2.45) is 5.92 Å². The number of H-pyrrole nitrogens is 1. The van der Waals surface area contributed by atoms with E-state index in [1.54, 1.807) is 12.5 Å². The van der Waals surface area contributed by atoms with Crippen molar-refractivity contribution in [2.75, 3.05) is 49.1 Å². The predicted octanol–water partition coefficient (Wildman–Crippen LogP) is 1.97. The molecule has 3 aromatic heterocycles. The van der Waals surface area contributed by atoms with E-state index >= 15 is 0 Å². The molecule has 30 heavy (non-hydrogen) atoms. The average molecular weight is 427 g/mol. The van der Waals surface area contributed by atoms with Gasteiger partial charge < -0.3 is 19.7 Å². The van der Waals surface area contributed by atoms with Gasteiger partial charge in [-0.05, 0) is 36.6 Å². The van der Waals surface area contributed by atoms with Crippen LogP contribution in [0.2, 0.25) is 5.28 Å². The third kappa shape index (κ3) is 3.65. The average Bonchev–Trinajstić information content (AvgIpc) is 3.27. The van der Waals surface area contributed by atoms with Crippen molar-refractivity contribution in [1.82, 2.24) is 29.8 Å². The van der Waals surface area contributed by atoms with Crippen LogP contribution in [0, 0.1) is 5.92 Å². The summed E-state index contributed by atoms with van der Waals surface area (Å²) in [6.45, 7) is 4.50. The number of rotatable bonds is 3. The van der Waals surface area contributed by atoms with Gasteiger partial charge >= 0.3 is 0 Å². The van der Waals surface area contributed by atoms with Crippen LogP contribution in [0.3, 0.4) is 0 Å². The minimum Gasteiger partial charge on any atom is -0.354 e. The normalized spacial score (nSPS) is 20.0. The molecule has 2 aliphatic rings. The van der Waals surface area contributed by atoms with Crippen molar-refractivity contribution >= 4 is 40.3 Å². The Kier molecular flexibility index (Phi) is 5.12. The van der Waals surface area contributed by atoms with Crippen LogP contribution >= 0.6 is 11.6 Å². The van der Waals surface area contributed by atoms with E-state index in [4.69, 9.17) is 11.6 Å². The highest BCUT2D eigenvalue weighted by molar-refractivity contribution is 6.28. The molecular weight excluding hydrogens is 404 g/mol. The Labute approximate surface area is 179 Å². The highest BCUT2D eigenvalue weighted by atomic mass is 35.5. The van der Waals surface area contributed by atoms with Gasteiger partial charge in [-0.25, -0.2) is 9.97 Å². The van der Waals surface area contributed by atoms with Crippen LogP contribution < -0.4 is 9.80 Å². The van der Waals surface area contributed by atoms with Gasteiger partial charge in [0.25, 0.3) is 0 Å². The van der Waals surface area contributed by atoms with E-state index in [0.717, 1.165) is 62.7 Å². The maximum absolute atomic E-state index is 13.2. The van der Waals surface area contributed by atoms with Crippen molar-refractivity contribution in [3.63, 3.8) is 0 Å². The maximum Gasteiger partial charge on any atom is 0.227 e. The van der Waals surface area contributed by atoms with E-state index in [1.807, 2.05) is 23.1 Å². The van der Waals surface area contributed by atoms with E-state index in [-0.39, 0.29) is 17.1 Å². The zero-order valence-corrected chi connectivity index (χ0v) is 17.3. The lowest BCUT2D eigenvalue weighted by atomic mass is 9.96. The second-order valence-electron chi connectivity index (χ2n) is 7.70. The van der Waals surface area contributed by atoms with Gasteiger partial charge in [-0.15, -0.1) is 0 Å². The lowest BCUT2D eigenvalue weighted by molar-refractivity contribution is -0.136. The summed E-state index contributed by atoms with van der Waals surface area (Å²) in [5.41, 5.74) is 1.31. The fraction of sp³-hybridized carbons (Fsp3) is 0.450. The number of piperidine rings is 1. The molecule has 10 heteroatoms. The number of carbonyl (C=O) groups is 1. The molecular formula is C20H23ClN8O. The molecule has 0 spiro atoms. The largest absolute Gasteiger partial charge is 0.354 e. The molecule has 5 rings (SSSR count). The molecule has 0 aromatic carbocycles. The Balaban J connectivity index is 1.26. The quantitative estimate of drug-likeness (QED) is 0.640. The summed E-state index contributed by atoms with van der Waals surface area (Å²) >= 11 is 6.10. The minimum atomic E-state index is -0.0492. The number of aromatic amines is 1. The van der Waals surface area contributed by atoms with Gasteiger partial charge in [0.2, 0.25) is 11.2 Å². The summed E-state index contributed by atoms with van der Waals surface area (Å²) in [6, 6.07) is 5.92. The van der Waals surface area contributed by atoms with Crippen molar-refractivity contribution in [1.29, 1.82) is 0 Å². The zero-order chi connectivity index (χ0) is 20.5. The molecule has 2 aliphatic heterocycles. The number of nitrogens with zero attached hydrogens (tertiary/aromatic N) is 7. The van der Waals surface area contributed by atoms with E-state index in [0.29, 0.717) is 12.2 Å². The van der Waals surface area contributed by atoms with Gasteiger partial charge in [0.15, 0.2) is 11.5 Å². The minimum absolute atomic E-state index is 0.0492. The summed E-state index contributed by atoms with van der Waals surface area (Å²) in [6.07, 6.45) is 5.22. The number of hydrogen-bond donors (Lipinski definition) is 1. The number of halogens is 1. The van der Waals surface area contributed by atoms with Crippen molar-refractivity contribution in [3.05, 3.63) is 36.0 Å². The summed E-state index contributed by atoms with van der Waals surface area (Å²) in [7, 11) is 0. The lowest BCUT2D eigenvalue weighted by Crippen LogP contribution is -2.52. The first kappa shape index (κ1) is 19.0. The molecule has 0 unspecified atom stereocenters. The first-order valence-electron chi connectivity index (χ1n) is 10.3. The van der Waals surface area contributed by atoms with Gasteiger partial charge in [0.1, 0.15) is 11.3 Å². The van der Waals surface area contributed by atoms with Crippen LogP contribution in [0.5, 0.6) is 0 Å². The predicted molar refractivity (Wildman–Crippen MR) is 115 cm³/mol. The molecule has 3 aromatic rings. The highest BCUT2D eigenvalue weighted by Crippen LogP contribution is 2.28. The molecule has 1 N–H and O–H groups in total. The number of nitrogens with one attached hydrogen (secondary N) is 1. The smallest absolute Gasteiger partial charge is 0.227 e. The molecule has 1 atom stereocenters. The van der Waals surface area contributed by atoms with Crippen molar-refractivity contribution in [2.45, 2.75) is 12.8 Å². The number of anilines is 2. The Bertz CT molecular complexity index is 1030. The van der Waals surface area contributed by atoms with Crippen LogP contribution in [0.4, 0.5) is 11.6 Å². The van der Waals surface area contributed by atoms with Gasteiger partial charge in [-0.1, -0.05) is 6.07 Å². The van der Waals surface area contributed by atoms with Gasteiger partial charge in [0.05, 0.1) is 12.2 Å². The van der Waals surface area contributed by atoms with E-state index in [2.05, 4.69) is 34.7 Å². The van der Waals surface area contributed by atoms with Crippen LogP contribution in [0.25, 0.3) is 11.2 Å². The molecule has 1 amide bonds. The number of carbonyl (C=O) groups excluding carboxylic acids is 1. The molecule has 2 fully saturated rings. The number of hydrogen-bond acceptors (Lipinski definition) is 7. The SMILES string of the molecule is O=C([C@H]1CCCN(c2nc(Cl)nc3nc[nH]c23)C1)N1CCN(c2ccccn2)CC1. The molecule has 0 aliphatic carbocycles. The number of piperazine rings is 1. The Hall–Kier alpha value is -2.94. The first-order valence-corrected chi connectivity index (χ1v) is 10.6. The van der Waals surface area contributed by atoms with Crippen LogP contribution in [-0.4, -0.2) is 75.0 Å². The summed E-state index contributed by atoms with van der Waals surface area (Å²) in [5.74, 6) is 1.87. The van der Waals surface area contributed by atoms with Crippen LogP contribution in [0.1, 0.15) is 12.8 Å². The molecule has 5 heterocycles. The lowest BCUT2D eigenvalue weighted by Gasteiger charge is -2.39. The second kappa shape index (κ2) is 8.06. The summed E-state index contributed by atoms with van der Waals surface area (Å²) in [4.78, 5) is 39.9. The van der Waals surface area contributed by atoms with Gasteiger partial charge in [-0.3, -0.25) is 4.79 Å². The number of pyridine rings is 1. The third-order valence-electron chi connectivity index (χ3n) is 5.87. The molecule has 0 saturated carbocycles. The highest BCUT2D eigenvalue weighted by Gasteiger charge is 2.32. The fourth-order valence-electron chi connectivity index (χ4n) is 4.35. The Morgan fingerprint density at radius 3 is 2.73 bits per heavy atom. The fourth-order valence-corrected chi connectivity index (χ4v) is 4.51. The third-order valence-corrected chi connectivity index (χ3v) is 6.04. The van der Waals surface area contributed by atoms with Crippen LogP contribution in [-0.2, 0) is 4.79 Å². The standard InChI is InChI=1S/C20H23ClN8O/c21-20-25-17-16(23-13-24-17)18(26-20)29-7-3-4-14(12-29)19(30)28-10-8-27(9-11-28)15-5-1-2-6-22-15/h1-2,5-6,13-14H,3-4,7-12H2,(H,23,24,25,26)/t14-/m0/s1. The van der Waals surface area contributed by atoms with E-state index in [9.17, 15) is 4.79 Å². The summed E-state index contributed by atoms with van der Waals surface area (Å²) in [5, 5.41) is 0.170. The second-order valence-corrected chi connectivity index (χ2v) is 8.04. The topological polar surface area (TPSA) is 94.1 Å². The molecule has 0 radical (unpaired) electrons. The van der Waals surface area contributed by atoms with E-state index in [1.165, 1.54) is 0 Å². The zero-order valence-electron chi connectivity index (χ0n) is 16.5. The van der Waals surface area contributed by atoms with Gasteiger partial charge in [-0.2, -0.15) is 9.97 Å². The molecule has 9 nitrogen and oxygen atoms in total. The van der Waals surface area contributed by atoms with E-state index < -0.39 is 0 Å². The first-order chi connectivity index (χ1) is 14.7. The monoisotopic (exact) mass is 426 g/mol. The molecule has 156 valence electrons. The van der Waals surface area contributed by atoms with Crippen LogP contribution in [0.15, 0.2) is 30.7 Å². The Morgan fingerprint density at radius 2 is 1.93 bits per heavy atom.